The van der Waals surface area contributed by atoms with Gasteiger partial charge in [0.05, 0.1) is 18.8 Å². The number of carbonyl (C=O) groups excluding carboxylic acids is 1. The molecule has 9 nitrogen and oxygen atoms in total. The summed E-state index contributed by atoms with van der Waals surface area (Å²) in [5.41, 5.74) is -0.752. The van der Waals surface area contributed by atoms with Crippen LogP contribution < -0.4 is 19.7 Å². The Bertz CT molecular complexity index is 1910. The number of nitrogens with one attached hydrogen (secondary N) is 1. The molecule has 2 N–H and O–H groups in total. The molecule has 0 saturated carbocycles. The summed E-state index contributed by atoms with van der Waals surface area (Å²) >= 11 is 0. The van der Waals surface area contributed by atoms with Crippen molar-refractivity contribution in [2.75, 3.05) is 25.1 Å². The minimum absolute atomic E-state index is 0.00772. The number of anilines is 1. The summed E-state index contributed by atoms with van der Waals surface area (Å²) in [4.78, 5) is 27.1. The van der Waals surface area contributed by atoms with Crippen molar-refractivity contribution < 1.29 is 41.3 Å². The Balaban J connectivity index is 1.54. The molecule has 4 aromatic rings. The zero-order valence-electron chi connectivity index (χ0n) is 24.9. The maximum absolute atomic E-state index is 16.7. The van der Waals surface area contributed by atoms with Gasteiger partial charge in [-0.3, -0.25) is 4.79 Å². The number of phenols is 1. The number of alkyl halides is 3. The van der Waals surface area contributed by atoms with Crippen LogP contribution in [0.1, 0.15) is 32.3 Å². The Kier molecular flexibility index (Phi) is 7.84. The van der Waals surface area contributed by atoms with Crippen LogP contribution in [0.15, 0.2) is 24.3 Å². The molecule has 2 aromatic carbocycles. The molecule has 2 saturated heterocycles. The lowest BCUT2D eigenvalue weighted by Gasteiger charge is -2.45. The highest BCUT2D eigenvalue weighted by Crippen LogP contribution is 2.43. The van der Waals surface area contributed by atoms with E-state index in [0.29, 0.717) is 5.39 Å². The highest BCUT2D eigenvalue weighted by atomic mass is 19.4. The SMILES string of the molecule is C#Cc1c(F)ccc2cc(O)cc(-c3nc(OC(C)C)c4c(N5CC6CC(C(=O)C(F)(F)F)CC(C5)N6)nc(OC)nc4c3F)c12. The van der Waals surface area contributed by atoms with Crippen LogP contribution in [0.4, 0.5) is 27.8 Å². The van der Waals surface area contributed by atoms with E-state index >= 15 is 4.39 Å². The summed E-state index contributed by atoms with van der Waals surface area (Å²) in [6.07, 6.45) is 0.148. The van der Waals surface area contributed by atoms with Crippen LogP contribution in [0.2, 0.25) is 0 Å². The number of phenolic OH excluding ortho intramolecular Hbond substituents is 1. The average Bonchev–Trinajstić information content (AvgIpc) is 3.00. The van der Waals surface area contributed by atoms with E-state index in [1.807, 2.05) is 0 Å². The minimum Gasteiger partial charge on any atom is -0.508 e. The number of nitrogens with zero attached hydrogens (tertiary/aromatic N) is 4. The van der Waals surface area contributed by atoms with Gasteiger partial charge in [0.15, 0.2) is 5.82 Å². The van der Waals surface area contributed by atoms with Crippen LogP contribution in [0.25, 0.3) is 32.9 Å². The fourth-order valence-electron chi connectivity index (χ4n) is 6.40. The Morgan fingerprint density at radius 1 is 1.11 bits per heavy atom. The number of rotatable bonds is 6. The standard InChI is InChI=1S/C32H28F5N5O4/c1-5-20-22(33)7-6-15-10-19(43)11-21(23(15)20)26-25(34)27-24(30(39-26)46-14(2)3)29(41-31(40-27)45-4)42-12-17-8-16(9-18(13-42)38-17)28(44)32(35,36)37/h1,6-7,10-11,14,16-18,38,43H,8-9,12-13H2,2-4H3. The lowest BCUT2D eigenvalue weighted by Crippen LogP contribution is -2.62. The third-order valence-electron chi connectivity index (χ3n) is 8.13. The molecule has 2 aliphatic heterocycles. The fourth-order valence-corrected chi connectivity index (χ4v) is 6.40. The molecule has 2 aliphatic rings. The van der Waals surface area contributed by atoms with Crippen molar-refractivity contribution in [1.82, 2.24) is 20.3 Å². The van der Waals surface area contributed by atoms with Gasteiger partial charge in [0.25, 0.3) is 0 Å². The Hall–Kier alpha value is -4.77. The van der Waals surface area contributed by atoms with Gasteiger partial charge in [0.2, 0.25) is 11.7 Å². The van der Waals surface area contributed by atoms with Crippen LogP contribution in [0.3, 0.4) is 0 Å². The quantitative estimate of drug-likeness (QED) is 0.214. The van der Waals surface area contributed by atoms with E-state index in [1.54, 1.807) is 18.7 Å². The van der Waals surface area contributed by atoms with Crippen molar-refractivity contribution in [3.63, 3.8) is 0 Å². The molecule has 2 unspecified atom stereocenters. The molecule has 14 heteroatoms. The van der Waals surface area contributed by atoms with Crippen molar-refractivity contribution in [3.05, 3.63) is 41.5 Å². The summed E-state index contributed by atoms with van der Waals surface area (Å²) in [6.45, 7) is 3.73. The van der Waals surface area contributed by atoms with Crippen molar-refractivity contribution in [1.29, 1.82) is 0 Å². The van der Waals surface area contributed by atoms with Gasteiger partial charge in [-0.2, -0.15) is 23.1 Å². The van der Waals surface area contributed by atoms with Crippen LogP contribution >= 0.6 is 0 Å². The van der Waals surface area contributed by atoms with Gasteiger partial charge in [0.1, 0.15) is 34.0 Å². The van der Waals surface area contributed by atoms with E-state index in [4.69, 9.17) is 15.9 Å². The van der Waals surface area contributed by atoms with Gasteiger partial charge in [-0.1, -0.05) is 12.0 Å². The minimum atomic E-state index is -4.93. The fraction of sp³-hybridized carbons (Fsp3) is 0.375. The molecule has 46 heavy (non-hydrogen) atoms. The number of Topliss-reactive ketones (excluding diaryl/α,β-unsaturated/α-hetero) is 1. The molecule has 2 fully saturated rings. The molecule has 0 radical (unpaired) electrons. The van der Waals surface area contributed by atoms with Crippen molar-refractivity contribution in [3.8, 4) is 41.2 Å². The predicted molar refractivity (Wildman–Crippen MR) is 159 cm³/mol. The highest BCUT2D eigenvalue weighted by molar-refractivity contribution is 6.04. The van der Waals surface area contributed by atoms with E-state index in [1.165, 1.54) is 25.3 Å². The van der Waals surface area contributed by atoms with Gasteiger partial charge in [0, 0.05) is 42.0 Å². The zero-order valence-corrected chi connectivity index (χ0v) is 24.9. The number of fused-ring (bicyclic) bond motifs is 4. The third-order valence-corrected chi connectivity index (χ3v) is 8.13. The van der Waals surface area contributed by atoms with E-state index in [0.717, 1.165) is 6.07 Å². The monoisotopic (exact) mass is 641 g/mol. The first-order valence-electron chi connectivity index (χ1n) is 14.4. The molecule has 0 spiro atoms. The number of hydrogen-bond donors (Lipinski definition) is 2. The van der Waals surface area contributed by atoms with Crippen molar-refractivity contribution in [2.24, 2.45) is 5.92 Å². The number of carbonyl (C=O) groups is 1. The second-order valence-electron chi connectivity index (χ2n) is 11.7. The summed E-state index contributed by atoms with van der Waals surface area (Å²) < 4.78 is 82.6. The number of piperazine rings is 1. The summed E-state index contributed by atoms with van der Waals surface area (Å²) in [7, 11) is 1.29. The highest BCUT2D eigenvalue weighted by Gasteiger charge is 2.48. The van der Waals surface area contributed by atoms with Crippen molar-refractivity contribution >= 4 is 33.3 Å². The molecule has 0 amide bonds. The normalized spacial score (nSPS) is 19.8. The van der Waals surface area contributed by atoms with Gasteiger partial charge in [-0.15, -0.1) is 6.42 Å². The number of ether oxygens (including phenoxy) is 2. The number of pyridine rings is 1. The molecule has 6 rings (SSSR count). The van der Waals surface area contributed by atoms with E-state index in [2.05, 4.69) is 26.2 Å². The zero-order chi connectivity index (χ0) is 33.1. The Morgan fingerprint density at radius 2 is 1.80 bits per heavy atom. The topological polar surface area (TPSA) is 110 Å². The average molecular weight is 642 g/mol. The largest absolute Gasteiger partial charge is 0.508 e. The number of aromatic nitrogens is 3. The summed E-state index contributed by atoms with van der Waals surface area (Å²) in [5, 5.41) is 14.3. The second kappa shape index (κ2) is 11.5. The predicted octanol–water partition coefficient (Wildman–Crippen LogP) is 5.29. The lowest BCUT2D eigenvalue weighted by atomic mass is 9.82. The van der Waals surface area contributed by atoms with E-state index < -0.39 is 47.7 Å². The van der Waals surface area contributed by atoms with Crippen LogP contribution in [0.5, 0.6) is 17.6 Å². The van der Waals surface area contributed by atoms with Gasteiger partial charge in [-0.05, 0) is 50.3 Å². The maximum Gasteiger partial charge on any atom is 0.450 e. The number of methoxy groups -OCH3 is 1. The van der Waals surface area contributed by atoms with E-state index in [9.17, 15) is 27.5 Å². The van der Waals surface area contributed by atoms with Crippen LogP contribution in [-0.4, -0.2) is 70.4 Å². The molecule has 2 atom stereocenters. The number of benzene rings is 2. The molecule has 4 heterocycles. The third kappa shape index (κ3) is 5.49. The Morgan fingerprint density at radius 3 is 2.41 bits per heavy atom. The Labute approximate surface area is 259 Å². The van der Waals surface area contributed by atoms with Crippen LogP contribution in [0, 0.1) is 29.9 Å². The number of halogens is 5. The van der Waals surface area contributed by atoms with E-state index in [-0.39, 0.29) is 82.5 Å². The maximum atomic E-state index is 16.7. The lowest BCUT2D eigenvalue weighted by molar-refractivity contribution is -0.177. The molecule has 240 valence electrons. The summed E-state index contributed by atoms with van der Waals surface area (Å²) in [6, 6.07) is 3.92. The first-order valence-corrected chi connectivity index (χ1v) is 14.4. The molecule has 2 bridgehead atoms. The second-order valence-corrected chi connectivity index (χ2v) is 11.7. The first kappa shape index (κ1) is 31.2. The first-order chi connectivity index (χ1) is 21.8. The molecular weight excluding hydrogens is 613 g/mol. The molecule has 2 aromatic heterocycles. The summed E-state index contributed by atoms with van der Waals surface area (Å²) in [5.74, 6) is -2.47. The van der Waals surface area contributed by atoms with Crippen molar-refractivity contribution in [2.45, 2.75) is 51.1 Å². The number of terminal acetylenes is 1. The number of aromatic hydroxyl groups is 1. The molecular formula is C32H28F5N5O4. The number of piperidine rings is 1. The molecule has 0 aliphatic carbocycles. The smallest absolute Gasteiger partial charge is 0.450 e. The number of hydrogen-bond acceptors (Lipinski definition) is 9. The van der Waals surface area contributed by atoms with Crippen LogP contribution in [-0.2, 0) is 4.79 Å². The van der Waals surface area contributed by atoms with Gasteiger partial charge < -0.3 is 24.8 Å². The van der Waals surface area contributed by atoms with Gasteiger partial charge >= 0.3 is 12.2 Å². The number of ketones is 1. The van der Waals surface area contributed by atoms with Gasteiger partial charge in [-0.25, -0.2) is 13.8 Å².